The Hall–Kier alpha value is -6.20. The maximum absolute atomic E-state index is 2.46. The first-order valence-electron chi connectivity index (χ1n) is 17.6. The molecule has 0 N–H and O–H groups in total. The van der Waals surface area contributed by atoms with Gasteiger partial charge in [0, 0.05) is 53.1 Å². The highest BCUT2D eigenvalue weighted by Crippen LogP contribution is 2.45. The molecule has 3 aromatic heterocycles. The number of para-hydroxylation sites is 2. The van der Waals surface area contributed by atoms with Crippen LogP contribution in [0.1, 0.15) is 0 Å². The van der Waals surface area contributed by atoms with Crippen molar-refractivity contribution in [2.24, 2.45) is 0 Å². The molecule has 0 spiro atoms. The van der Waals surface area contributed by atoms with Gasteiger partial charge in [0.15, 0.2) is 0 Å². The van der Waals surface area contributed by atoms with Gasteiger partial charge in [-0.2, -0.15) is 0 Å². The summed E-state index contributed by atoms with van der Waals surface area (Å²) in [4.78, 5) is 2.40. The molecule has 0 unspecified atom stereocenters. The molecule has 0 aliphatic heterocycles. The lowest BCUT2D eigenvalue weighted by molar-refractivity contribution is 1.20. The number of benzene rings is 8. The summed E-state index contributed by atoms with van der Waals surface area (Å²) >= 11 is 3.75. The van der Waals surface area contributed by atoms with E-state index in [1.54, 1.807) is 0 Å². The number of hydrogen-bond donors (Lipinski definition) is 0. The zero-order valence-corrected chi connectivity index (χ0v) is 29.7. The van der Waals surface area contributed by atoms with Crippen LogP contribution in [0.25, 0.3) is 79.0 Å². The Kier molecular flexibility index (Phi) is 6.63. The predicted octanol–water partition coefficient (Wildman–Crippen LogP) is 14.7. The highest BCUT2D eigenvalue weighted by molar-refractivity contribution is 7.26. The lowest BCUT2D eigenvalue weighted by Crippen LogP contribution is -2.09. The van der Waals surface area contributed by atoms with Gasteiger partial charge in [0.25, 0.3) is 0 Å². The van der Waals surface area contributed by atoms with Crippen molar-refractivity contribution in [2.45, 2.75) is 0 Å². The van der Waals surface area contributed by atoms with E-state index in [1.807, 2.05) is 22.7 Å². The molecule has 0 aliphatic carbocycles. The molecule has 11 rings (SSSR count). The monoisotopic (exact) mass is 698 g/mol. The number of rotatable bonds is 5. The Balaban J connectivity index is 1.04. The predicted molar refractivity (Wildman–Crippen MR) is 227 cm³/mol. The summed E-state index contributed by atoms with van der Waals surface area (Å²) in [6, 6.07) is 66.5. The van der Waals surface area contributed by atoms with E-state index in [0.717, 1.165) is 11.4 Å². The van der Waals surface area contributed by atoms with E-state index in [2.05, 4.69) is 191 Å². The number of anilines is 3. The highest BCUT2D eigenvalue weighted by Gasteiger charge is 2.19. The van der Waals surface area contributed by atoms with Crippen molar-refractivity contribution in [3.05, 3.63) is 182 Å². The molecule has 0 aliphatic rings. The fourth-order valence-corrected chi connectivity index (χ4v) is 10.4. The summed E-state index contributed by atoms with van der Waals surface area (Å²) in [5, 5.41) is 7.77. The Morgan fingerprint density at radius 1 is 0.365 bits per heavy atom. The third kappa shape index (κ3) is 4.48. The third-order valence-electron chi connectivity index (χ3n) is 10.4. The van der Waals surface area contributed by atoms with E-state index in [-0.39, 0.29) is 0 Å². The van der Waals surface area contributed by atoms with Crippen LogP contribution in [0.2, 0.25) is 0 Å². The first kappa shape index (κ1) is 29.5. The molecule has 0 fully saturated rings. The van der Waals surface area contributed by atoms with E-state index in [0.29, 0.717) is 0 Å². The second kappa shape index (κ2) is 11.7. The smallest absolute Gasteiger partial charge is 0.0640 e. The second-order valence-corrected chi connectivity index (χ2v) is 15.4. The number of fused-ring (bicyclic) bond motifs is 9. The Labute approximate surface area is 308 Å². The highest BCUT2D eigenvalue weighted by atomic mass is 32.1. The number of aromatic nitrogens is 1. The van der Waals surface area contributed by atoms with Crippen LogP contribution >= 0.6 is 22.7 Å². The van der Waals surface area contributed by atoms with Crippen molar-refractivity contribution < 1.29 is 0 Å². The van der Waals surface area contributed by atoms with E-state index < -0.39 is 0 Å². The molecule has 0 saturated carbocycles. The summed E-state index contributed by atoms with van der Waals surface area (Å²) in [5.74, 6) is 0. The average Bonchev–Trinajstić information content (AvgIpc) is 3.89. The molecule has 0 amide bonds. The van der Waals surface area contributed by atoms with Crippen LogP contribution in [0.3, 0.4) is 0 Å². The van der Waals surface area contributed by atoms with Gasteiger partial charge in [0.1, 0.15) is 0 Å². The Bertz CT molecular complexity index is 3130. The molecule has 0 atom stereocenters. The molecule has 2 nitrogen and oxygen atoms in total. The largest absolute Gasteiger partial charge is 0.309 e. The van der Waals surface area contributed by atoms with Crippen molar-refractivity contribution in [2.75, 3.05) is 4.90 Å². The van der Waals surface area contributed by atoms with Crippen molar-refractivity contribution >= 4 is 102 Å². The minimum Gasteiger partial charge on any atom is -0.309 e. The molecule has 0 saturated heterocycles. The minimum absolute atomic E-state index is 1.13. The normalized spacial score (nSPS) is 11.8. The number of nitrogens with zero attached hydrogens (tertiary/aromatic N) is 2. The van der Waals surface area contributed by atoms with Crippen LogP contribution in [0.4, 0.5) is 17.1 Å². The van der Waals surface area contributed by atoms with Gasteiger partial charge in [0.05, 0.1) is 31.8 Å². The fraction of sp³-hybridized carbons (Fsp3) is 0. The van der Waals surface area contributed by atoms with E-state index in [1.165, 1.54) is 84.7 Å². The standard InChI is InChI=1S/C48H30N2S2/c1-2-12-33(13-3-1)49(43-20-10-17-38-36-15-5-8-22-45(36)51-47(38)43)34-27-24-31(25-28-34)32-26-29-42-40(30-32)35-14-4-7-19-41(35)50(42)44-21-11-18-39-37-16-6-9-23-46(37)52-48(39)44/h1-30H. The van der Waals surface area contributed by atoms with Crippen molar-refractivity contribution in [3.63, 3.8) is 0 Å². The zero-order valence-electron chi connectivity index (χ0n) is 28.0. The van der Waals surface area contributed by atoms with Crippen LogP contribution in [-0.4, -0.2) is 4.57 Å². The van der Waals surface area contributed by atoms with Gasteiger partial charge < -0.3 is 9.47 Å². The molecule has 8 aromatic carbocycles. The van der Waals surface area contributed by atoms with E-state index in [4.69, 9.17) is 0 Å². The van der Waals surface area contributed by atoms with Gasteiger partial charge in [-0.1, -0.05) is 115 Å². The van der Waals surface area contributed by atoms with Crippen molar-refractivity contribution in [3.8, 4) is 16.8 Å². The van der Waals surface area contributed by atoms with Gasteiger partial charge in [-0.15, -0.1) is 22.7 Å². The fourth-order valence-electron chi connectivity index (χ4n) is 8.04. The van der Waals surface area contributed by atoms with Gasteiger partial charge in [-0.3, -0.25) is 0 Å². The van der Waals surface area contributed by atoms with Crippen LogP contribution in [-0.2, 0) is 0 Å². The third-order valence-corrected chi connectivity index (χ3v) is 12.8. The Morgan fingerprint density at radius 3 is 1.69 bits per heavy atom. The van der Waals surface area contributed by atoms with Crippen LogP contribution in [0.5, 0.6) is 0 Å². The molecule has 4 heteroatoms. The Morgan fingerprint density at radius 2 is 0.923 bits per heavy atom. The number of thiophene rings is 2. The van der Waals surface area contributed by atoms with Gasteiger partial charge in [0.2, 0.25) is 0 Å². The molecule has 0 bridgehead atoms. The molecular weight excluding hydrogens is 669 g/mol. The van der Waals surface area contributed by atoms with Gasteiger partial charge in [-0.05, 0) is 77.9 Å². The molecule has 11 aromatic rings. The van der Waals surface area contributed by atoms with Crippen LogP contribution < -0.4 is 4.90 Å². The molecule has 52 heavy (non-hydrogen) atoms. The lowest BCUT2D eigenvalue weighted by Gasteiger charge is -2.26. The topological polar surface area (TPSA) is 8.17 Å². The molecule has 0 radical (unpaired) electrons. The summed E-state index contributed by atoms with van der Waals surface area (Å²) in [7, 11) is 0. The van der Waals surface area contributed by atoms with E-state index in [9.17, 15) is 0 Å². The quantitative estimate of drug-likeness (QED) is 0.174. The molecule has 244 valence electrons. The van der Waals surface area contributed by atoms with Gasteiger partial charge in [-0.25, -0.2) is 0 Å². The summed E-state index contributed by atoms with van der Waals surface area (Å²) in [5.41, 5.74) is 9.55. The van der Waals surface area contributed by atoms with Crippen molar-refractivity contribution in [1.82, 2.24) is 4.57 Å². The van der Waals surface area contributed by atoms with Crippen LogP contribution in [0.15, 0.2) is 182 Å². The maximum Gasteiger partial charge on any atom is 0.0640 e. The lowest BCUT2D eigenvalue weighted by atomic mass is 10.0. The maximum atomic E-state index is 2.46. The first-order chi connectivity index (χ1) is 25.8. The summed E-state index contributed by atoms with van der Waals surface area (Å²) < 4.78 is 7.71. The van der Waals surface area contributed by atoms with E-state index >= 15 is 0 Å². The summed E-state index contributed by atoms with van der Waals surface area (Å²) in [6.45, 7) is 0. The molecule has 3 heterocycles. The second-order valence-electron chi connectivity index (χ2n) is 13.3. The first-order valence-corrected chi connectivity index (χ1v) is 19.2. The molecular formula is C48H30N2S2. The minimum atomic E-state index is 1.13. The summed E-state index contributed by atoms with van der Waals surface area (Å²) in [6.07, 6.45) is 0. The van der Waals surface area contributed by atoms with Gasteiger partial charge >= 0.3 is 0 Å². The van der Waals surface area contributed by atoms with Crippen LogP contribution in [0, 0.1) is 0 Å². The average molecular weight is 699 g/mol. The zero-order chi connectivity index (χ0) is 34.2. The van der Waals surface area contributed by atoms with Crippen molar-refractivity contribution in [1.29, 1.82) is 0 Å². The SMILES string of the molecule is c1ccc(N(c2ccc(-c3ccc4c(c3)c3ccccc3n4-c3cccc4c3sc3ccccc34)cc2)c2cccc3c2sc2ccccc23)cc1. The number of hydrogen-bond acceptors (Lipinski definition) is 3.